The summed E-state index contributed by atoms with van der Waals surface area (Å²) in [5.41, 5.74) is 0. The number of benzene rings is 2. The summed E-state index contributed by atoms with van der Waals surface area (Å²) in [6, 6.07) is 10.9. The third-order valence-electron chi connectivity index (χ3n) is 15.8. The quantitative estimate of drug-likeness (QED) is 0.111. The zero-order chi connectivity index (χ0) is 38.6. The van der Waals surface area contributed by atoms with Gasteiger partial charge in [0.2, 0.25) is 0 Å². The van der Waals surface area contributed by atoms with Crippen LogP contribution in [0.4, 0.5) is 0 Å². The summed E-state index contributed by atoms with van der Waals surface area (Å²) in [4.78, 5) is 1.90. The highest BCUT2D eigenvalue weighted by Crippen LogP contribution is 2.46. The van der Waals surface area contributed by atoms with Gasteiger partial charge in [0, 0.05) is 32.2 Å². The van der Waals surface area contributed by atoms with Gasteiger partial charge in [0.1, 0.15) is 0 Å². The number of nitrogens with one attached hydrogen (secondary N) is 8. The maximum Gasteiger partial charge on any atom is 0.0628 e. The summed E-state index contributed by atoms with van der Waals surface area (Å²) in [5, 5.41) is 36.0. The molecule has 4 saturated carbocycles. The molecule has 5 heterocycles. The van der Waals surface area contributed by atoms with Crippen molar-refractivity contribution in [1.82, 2.24) is 42.5 Å². The predicted molar refractivity (Wildman–Crippen MR) is 240 cm³/mol. The van der Waals surface area contributed by atoms with Crippen LogP contribution in [-0.2, 0) is 0 Å². The Bertz CT molecular complexity index is 1510. The lowest BCUT2D eigenvalue weighted by molar-refractivity contribution is 0.167. The van der Waals surface area contributed by atoms with Gasteiger partial charge in [-0.05, 0) is 135 Å². The van der Waals surface area contributed by atoms with Crippen LogP contribution >= 0.6 is 58.2 Å². The van der Waals surface area contributed by atoms with Gasteiger partial charge in [-0.1, -0.05) is 110 Å². The molecule has 9 aliphatic rings. The minimum atomic E-state index is 0. The van der Waals surface area contributed by atoms with Gasteiger partial charge in [0.25, 0.3) is 0 Å². The fourth-order valence-electron chi connectivity index (χ4n) is 13.2. The molecule has 9 fully saturated rings. The monoisotopic (exact) mass is 901 g/mol. The van der Waals surface area contributed by atoms with Gasteiger partial charge >= 0.3 is 0 Å². The van der Waals surface area contributed by atoms with Crippen LogP contribution < -0.4 is 42.5 Å². The molecule has 8 nitrogen and oxygen atoms in total. The predicted octanol–water partition coefficient (Wildman–Crippen LogP) is 8.68. The molecule has 315 valence electrons. The number of rotatable bonds is 2. The van der Waals surface area contributed by atoms with Crippen molar-refractivity contribution in [1.29, 1.82) is 0 Å². The molecular weight excluding hydrogens is 841 g/mol. The number of hydrogen-bond donors (Lipinski definition) is 8. The minimum Gasteiger partial charge on any atom is -0.286 e. The molecular formula is C44H62AlCl4N8S. The molecule has 0 amide bonds. The lowest BCUT2D eigenvalue weighted by atomic mass is 9.76. The summed E-state index contributed by atoms with van der Waals surface area (Å²) in [6.45, 7) is 0. The first-order valence-electron chi connectivity index (χ1n) is 22.5. The summed E-state index contributed by atoms with van der Waals surface area (Å²) in [6.07, 6.45) is 25.6. The molecule has 2 aromatic carbocycles. The maximum absolute atomic E-state index is 6.09. The summed E-state index contributed by atoms with van der Waals surface area (Å²) in [5.74, 6) is 5.97. The molecule has 8 bridgehead atoms. The van der Waals surface area contributed by atoms with Crippen LogP contribution in [0, 0.1) is 47.3 Å². The van der Waals surface area contributed by atoms with E-state index in [2.05, 4.69) is 42.5 Å². The van der Waals surface area contributed by atoms with E-state index in [0.29, 0.717) is 69.4 Å². The standard InChI is InChI=1S/C32H56N8.C12H6Cl4S.Al/c1-2-10-18-17(9-1)25-33-26(18)38-28-21-13-5-6-14-22(21)30(35-28)40-32-24-16-8-7-15-23(24)31(36-32)39-29-20-12-4-3-11-19(20)27(34-29)37-25;13-7-1-3-8(4-2-7)17-12-6-10(15)9(14)5-11(12)16;/h17-40H,1-16H2;1-6H;. The topological polar surface area (TPSA) is 96.2 Å². The van der Waals surface area contributed by atoms with Crippen LogP contribution in [0.3, 0.4) is 0 Å². The Morgan fingerprint density at radius 3 is 0.897 bits per heavy atom. The molecule has 58 heavy (non-hydrogen) atoms. The van der Waals surface area contributed by atoms with Crippen molar-refractivity contribution in [3.05, 3.63) is 56.5 Å². The molecule has 5 aliphatic heterocycles. The Labute approximate surface area is 381 Å². The van der Waals surface area contributed by atoms with E-state index in [1.54, 1.807) is 12.1 Å². The SMILES string of the molecule is C1CCC2C3NC(NC4NC(NC5NC(NC6NC(N3)C3CCCCC63)C3CCCCC53)C3CCCCC43)C2C1.Clc1ccc(Sc2cc(Cl)c(Cl)cc2Cl)cc1.[Al]. The van der Waals surface area contributed by atoms with E-state index in [4.69, 9.17) is 46.4 Å². The van der Waals surface area contributed by atoms with Gasteiger partial charge in [-0.15, -0.1) is 0 Å². The van der Waals surface area contributed by atoms with Crippen molar-refractivity contribution in [3.63, 3.8) is 0 Å². The molecule has 2 aromatic rings. The number of fused-ring (bicyclic) bond motifs is 20. The van der Waals surface area contributed by atoms with Crippen LogP contribution in [0.5, 0.6) is 0 Å². The Hall–Kier alpha value is 0.162. The first-order chi connectivity index (χ1) is 27.9. The molecule has 0 aromatic heterocycles. The molecule has 5 saturated heterocycles. The van der Waals surface area contributed by atoms with Gasteiger partial charge < -0.3 is 0 Å². The lowest BCUT2D eigenvalue weighted by Gasteiger charge is -2.35. The molecule has 3 radical (unpaired) electrons. The number of hydrogen-bond acceptors (Lipinski definition) is 9. The van der Waals surface area contributed by atoms with Crippen LogP contribution in [0.1, 0.15) is 103 Å². The van der Waals surface area contributed by atoms with Crippen molar-refractivity contribution in [3.8, 4) is 0 Å². The largest absolute Gasteiger partial charge is 0.286 e. The molecule has 11 rings (SSSR count). The highest BCUT2D eigenvalue weighted by atomic mass is 35.5. The maximum atomic E-state index is 6.09. The average molecular weight is 904 g/mol. The summed E-state index contributed by atoms with van der Waals surface area (Å²) < 4.78 is 0. The van der Waals surface area contributed by atoms with Crippen molar-refractivity contribution in [2.75, 3.05) is 0 Å². The zero-order valence-corrected chi connectivity index (χ0v) is 38.5. The fourth-order valence-corrected chi connectivity index (χ4v) is 14.9. The van der Waals surface area contributed by atoms with Crippen LogP contribution in [0.15, 0.2) is 46.2 Å². The van der Waals surface area contributed by atoms with Gasteiger partial charge in [-0.2, -0.15) is 0 Å². The smallest absolute Gasteiger partial charge is 0.0628 e. The van der Waals surface area contributed by atoms with E-state index in [0.717, 1.165) is 57.1 Å². The summed E-state index contributed by atoms with van der Waals surface area (Å²) >= 11 is 25.2. The third kappa shape index (κ3) is 8.95. The van der Waals surface area contributed by atoms with Gasteiger partial charge in [-0.25, -0.2) is 0 Å². The average Bonchev–Trinajstić information content (AvgIpc) is 3.97. The Balaban J connectivity index is 0.000000205. The summed E-state index contributed by atoms with van der Waals surface area (Å²) in [7, 11) is 0. The second-order valence-electron chi connectivity index (χ2n) is 18.9. The van der Waals surface area contributed by atoms with Crippen molar-refractivity contribution in [2.45, 2.75) is 162 Å². The van der Waals surface area contributed by atoms with Crippen LogP contribution in [-0.4, -0.2) is 66.7 Å². The van der Waals surface area contributed by atoms with E-state index in [-0.39, 0.29) is 17.4 Å². The molecule has 0 spiro atoms. The molecule has 14 heteroatoms. The Morgan fingerprint density at radius 1 is 0.362 bits per heavy atom. The second kappa shape index (κ2) is 19.1. The Morgan fingerprint density at radius 2 is 0.621 bits per heavy atom. The van der Waals surface area contributed by atoms with Crippen molar-refractivity contribution in [2.24, 2.45) is 47.3 Å². The second-order valence-corrected chi connectivity index (χ2v) is 21.6. The van der Waals surface area contributed by atoms with Crippen LogP contribution in [0.25, 0.3) is 0 Å². The third-order valence-corrected chi connectivity index (χ3v) is 18.3. The highest BCUT2D eigenvalue weighted by Gasteiger charge is 2.54. The van der Waals surface area contributed by atoms with E-state index in [1.807, 2.05) is 24.3 Å². The molecule has 4 aliphatic carbocycles. The minimum absolute atomic E-state index is 0. The molecule has 8 unspecified atom stereocenters. The fraction of sp³-hybridized carbons (Fsp3) is 0.727. The number of halogens is 4. The van der Waals surface area contributed by atoms with Crippen molar-refractivity contribution >= 4 is 75.5 Å². The van der Waals surface area contributed by atoms with E-state index in [1.165, 1.54) is 114 Å². The van der Waals surface area contributed by atoms with Gasteiger partial charge in [0.15, 0.2) is 0 Å². The zero-order valence-electron chi connectivity index (χ0n) is 33.5. The van der Waals surface area contributed by atoms with E-state index < -0.39 is 0 Å². The van der Waals surface area contributed by atoms with E-state index in [9.17, 15) is 0 Å². The lowest BCUT2D eigenvalue weighted by Crippen LogP contribution is -2.61. The highest BCUT2D eigenvalue weighted by molar-refractivity contribution is 7.99. The molecule has 8 atom stereocenters. The molecule has 8 N–H and O–H groups in total. The first-order valence-corrected chi connectivity index (χ1v) is 24.9. The normalized spacial score (nSPS) is 42.8. The van der Waals surface area contributed by atoms with Crippen LogP contribution in [0.2, 0.25) is 20.1 Å². The van der Waals surface area contributed by atoms with Crippen molar-refractivity contribution < 1.29 is 0 Å². The van der Waals surface area contributed by atoms with Gasteiger partial charge in [0.05, 0.1) is 64.4 Å². The van der Waals surface area contributed by atoms with E-state index >= 15 is 0 Å². The Kier molecular flexibility index (Phi) is 14.3. The first kappa shape index (κ1) is 43.4. The van der Waals surface area contributed by atoms with Gasteiger partial charge in [-0.3, -0.25) is 42.5 Å².